The number of nitrogens with two attached hydrogens (primary N) is 1. The number of hydrogen-bond donors (Lipinski definition) is 3. The lowest BCUT2D eigenvalue weighted by Gasteiger charge is -2.28. The molecular weight excluding hydrogens is 466 g/mol. The summed E-state index contributed by atoms with van der Waals surface area (Å²) >= 11 is 1.45. The number of nitrogens with one attached hydrogen (secondary N) is 2. The first-order valence-electron chi connectivity index (χ1n) is 12.1. The van der Waals surface area contributed by atoms with Crippen LogP contribution in [0.4, 0.5) is 16.4 Å². The Bertz CT molecular complexity index is 1060. The maximum Gasteiger partial charge on any atom is 0.251 e. The summed E-state index contributed by atoms with van der Waals surface area (Å²) in [6, 6.07) is 7.79. The molecule has 1 aromatic heterocycles. The Hall–Kier alpha value is -2.95. The molecule has 9 nitrogen and oxygen atoms in total. The van der Waals surface area contributed by atoms with E-state index in [0.29, 0.717) is 17.1 Å². The second-order valence-corrected chi connectivity index (χ2v) is 10.1. The van der Waals surface area contributed by atoms with Crippen LogP contribution in [-0.4, -0.2) is 69.1 Å². The summed E-state index contributed by atoms with van der Waals surface area (Å²) in [6.07, 6.45) is 4.07. The largest absolute Gasteiger partial charge is 0.378 e. The van der Waals surface area contributed by atoms with Crippen LogP contribution in [0.15, 0.2) is 24.3 Å². The fraction of sp³-hybridized carbons (Fsp3) is 0.480. The van der Waals surface area contributed by atoms with Crippen molar-refractivity contribution in [3.05, 3.63) is 40.3 Å². The van der Waals surface area contributed by atoms with Crippen LogP contribution in [0.25, 0.3) is 0 Å². The van der Waals surface area contributed by atoms with Gasteiger partial charge in [-0.1, -0.05) is 0 Å². The molecule has 2 aromatic rings. The van der Waals surface area contributed by atoms with Gasteiger partial charge in [-0.3, -0.25) is 19.3 Å². The standard InChI is InChI=1S/C25H33N5O4S/c1-29(16-22(32)27-17-6-8-18(9-7-17)30-12-14-34-15-13-30)11-10-21(31)28-25-23(24(26)33)19-4-2-3-5-20(19)35-25/h6-9H,2-5,10-16H2,1H3,(H2,26,33)(H,27,32)(H,28,31). The fourth-order valence-corrected chi connectivity index (χ4v) is 5.81. The number of amides is 3. The van der Waals surface area contributed by atoms with E-state index in [1.54, 1.807) is 11.9 Å². The highest BCUT2D eigenvalue weighted by molar-refractivity contribution is 7.17. The average molecular weight is 500 g/mol. The van der Waals surface area contributed by atoms with Crippen LogP contribution < -0.4 is 21.3 Å². The van der Waals surface area contributed by atoms with Crippen LogP contribution in [0.5, 0.6) is 0 Å². The molecule has 4 N–H and O–H groups in total. The second kappa shape index (κ2) is 11.7. The summed E-state index contributed by atoms with van der Waals surface area (Å²) < 4.78 is 5.38. The van der Waals surface area contributed by atoms with Gasteiger partial charge in [0, 0.05) is 42.3 Å². The molecule has 1 saturated heterocycles. The zero-order chi connectivity index (χ0) is 24.8. The van der Waals surface area contributed by atoms with Gasteiger partial charge in [0.05, 0.1) is 25.3 Å². The molecule has 2 heterocycles. The molecular formula is C25H33N5O4S. The second-order valence-electron chi connectivity index (χ2n) is 9.01. The molecule has 0 bridgehead atoms. The van der Waals surface area contributed by atoms with Gasteiger partial charge in [0.15, 0.2) is 0 Å². The smallest absolute Gasteiger partial charge is 0.251 e. The Balaban J connectivity index is 1.23. The number of nitrogens with zero attached hydrogens (tertiary/aromatic N) is 2. The molecule has 10 heteroatoms. The topological polar surface area (TPSA) is 117 Å². The van der Waals surface area contributed by atoms with Crippen molar-refractivity contribution in [2.24, 2.45) is 5.73 Å². The van der Waals surface area contributed by atoms with Gasteiger partial charge >= 0.3 is 0 Å². The van der Waals surface area contributed by atoms with Gasteiger partial charge < -0.3 is 26.0 Å². The Morgan fingerprint density at radius 3 is 2.49 bits per heavy atom. The number of hydrogen-bond acceptors (Lipinski definition) is 7. The Labute approximate surface area is 209 Å². The SMILES string of the molecule is CN(CCC(=O)Nc1sc2c(c1C(N)=O)CCCC2)CC(=O)Nc1ccc(N2CCOCC2)cc1. The highest BCUT2D eigenvalue weighted by Gasteiger charge is 2.25. The number of ether oxygens (including phenoxy) is 1. The predicted octanol–water partition coefficient (Wildman–Crippen LogP) is 2.46. The van der Waals surface area contributed by atoms with Crippen molar-refractivity contribution in [1.82, 2.24) is 4.90 Å². The van der Waals surface area contributed by atoms with Crippen molar-refractivity contribution < 1.29 is 19.1 Å². The zero-order valence-corrected chi connectivity index (χ0v) is 20.9. The number of thiophene rings is 1. The Morgan fingerprint density at radius 2 is 1.77 bits per heavy atom. The number of morpholine rings is 1. The summed E-state index contributed by atoms with van der Waals surface area (Å²) in [7, 11) is 1.80. The summed E-state index contributed by atoms with van der Waals surface area (Å²) in [5, 5.41) is 6.32. The Morgan fingerprint density at radius 1 is 1.06 bits per heavy atom. The monoisotopic (exact) mass is 499 g/mol. The third-order valence-corrected chi connectivity index (χ3v) is 7.54. The van der Waals surface area contributed by atoms with E-state index in [1.807, 2.05) is 24.3 Å². The minimum absolute atomic E-state index is 0.144. The number of carbonyl (C=O) groups is 3. The highest BCUT2D eigenvalue weighted by atomic mass is 32.1. The van der Waals surface area contributed by atoms with E-state index in [4.69, 9.17) is 10.5 Å². The van der Waals surface area contributed by atoms with Crippen molar-refractivity contribution in [3.8, 4) is 0 Å². The van der Waals surface area contributed by atoms with Crippen LogP contribution in [0.2, 0.25) is 0 Å². The van der Waals surface area contributed by atoms with Gasteiger partial charge in [-0.25, -0.2) is 0 Å². The lowest BCUT2D eigenvalue weighted by atomic mass is 9.95. The van der Waals surface area contributed by atoms with Crippen molar-refractivity contribution >= 4 is 45.4 Å². The van der Waals surface area contributed by atoms with Gasteiger partial charge in [0.25, 0.3) is 5.91 Å². The molecule has 3 amide bonds. The van der Waals surface area contributed by atoms with Crippen LogP contribution in [-0.2, 0) is 27.2 Å². The molecule has 1 aromatic carbocycles. The lowest BCUT2D eigenvalue weighted by Crippen LogP contribution is -2.36. The van der Waals surface area contributed by atoms with Crippen LogP contribution in [0.3, 0.4) is 0 Å². The number of anilines is 3. The molecule has 1 aliphatic heterocycles. The lowest BCUT2D eigenvalue weighted by molar-refractivity contribution is -0.119. The third-order valence-electron chi connectivity index (χ3n) is 6.33. The van der Waals surface area contributed by atoms with Gasteiger partial charge in [-0.05, 0) is 62.6 Å². The van der Waals surface area contributed by atoms with Crippen molar-refractivity contribution in [2.75, 3.05) is 62.0 Å². The molecule has 0 radical (unpaired) electrons. The maximum atomic E-state index is 12.5. The molecule has 0 atom stereocenters. The van der Waals surface area contributed by atoms with E-state index in [1.165, 1.54) is 11.3 Å². The van der Waals surface area contributed by atoms with E-state index >= 15 is 0 Å². The molecule has 35 heavy (non-hydrogen) atoms. The van der Waals surface area contributed by atoms with Crippen molar-refractivity contribution in [2.45, 2.75) is 32.1 Å². The minimum atomic E-state index is -0.494. The summed E-state index contributed by atoms with van der Waals surface area (Å²) in [6.45, 7) is 3.76. The number of primary amides is 1. The number of carbonyl (C=O) groups excluding carboxylic acids is 3. The van der Waals surface area contributed by atoms with Crippen molar-refractivity contribution in [3.63, 3.8) is 0 Å². The molecule has 0 unspecified atom stereocenters. The average Bonchev–Trinajstić information content (AvgIpc) is 3.21. The quantitative estimate of drug-likeness (QED) is 0.488. The van der Waals surface area contributed by atoms with E-state index in [-0.39, 0.29) is 24.8 Å². The van der Waals surface area contributed by atoms with E-state index < -0.39 is 5.91 Å². The molecule has 0 spiro atoms. The van der Waals surface area contributed by atoms with Crippen LogP contribution in [0.1, 0.15) is 40.1 Å². The molecule has 0 saturated carbocycles. The highest BCUT2D eigenvalue weighted by Crippen LogP contribution is 2.37. The molecule has 2 aliphatic rings. The van der Waals surface area contributed by atoms with Crippen LogP contribution >= 0.6 is 11.3 Å². The van der Waals surface area contributed by atoms with E-state index in [9.17, 15) is 14.4 Å². The maximum absolute atomic E-state index is 12.5. The zero-order valence-electron chi connectivity index (χ0n) is 20.1. The first-order valence-corrected chi connectivity index (χ1v) is 12.9. The number of benzene rings is 1. The predicted molar refractivity (Wildman–Crippen MR) is 138 cm³/mol. The fourth-order valence-electron chi connectivity index (χ4n) is 4.50. The molecule has 1 fully saturated rings. The minimum Gasteiger partial charge on any atom is -0.378 e. The van der Waals surface area contributed by atoms with Gasteiger partial charge in [0.2, 0.25) is 11.8 Å². The molecule has 1 aliphatic carbocycles. The normalized spacial score (nSPS) is 15.5. The first kappa shape index (κ1) is 25.2. The molecule has 4 rings (SSSR count). The first-order chi connectivity index (χ1) is 16.9. The summed E-state index contributed by atoms with van der Waals surface area (Å²) in [5.74, 6) is -0.836. The number of rotatable bonds is 9. The van der Waals surface area contributed by atoms with Crippen molar-refractivity contribution in [1.29, 1.82) is 0 Å². The summed E-state index contributed by atoms with van der Waals surface area (Å²) in [4.78, 5) is 42.2. The van der Waals surface area contributed by atoms with Gasteiger partial charge in [-0.2, -0.15) is 0 Å². The third kappa shape index (κ3) is 6.59. The van der Waals surface area contributed by atoms with E-state index in [0.717, 1.165) is 73.8 Å². The number of likely N-dealkylation sites (N-methyl/N-ethyl adjacent to an activating group) is 1. The summed E-state index contributed by atoms with van der Waals surface area (Å²) in [5.41, 5.74) is 8.91. The van der Waals surface area contributed by atoms with Gasteiger partial charge in [-0.15, -0.1) is 11.3 Å². The van der Waals surface area contributed by atoms with Gasteiger partial charge in [0.1, 0.15) is 5.00 Å². The van der Waals surface area contributed by atoms with E-state index in [2.05, 4.69) is 15.5 Å². The number of fused-ring (bicyclic) bond motifs is 1. The molecule has 188 valence electrons. The number of aryl methyl sites for hydroxylation is 1. The van der Waals surface area contributed by atoms with Crippen LogP contribution in [0, 0.1) is 0 Å². The Kier molecular flexibility index (Phi) is 8.37.